The number of carbonyl (C=O) groups excluding carboxylic acids is 1. The van der Waals surface area contributed by atoms with E-state index in [1.165, 1.54) is 12.1 Å². The van der Waals surface area contributed by atoms with E-state index in [4.69, 9.17) is 5.73 Å². The molecule has 0 saturated heterocycles. The van der Waals surface area contributed by atoms with E-state index in [0.717, 1.165) is 0 Å². The summed E-state index contributed by atoms with van der Waals surface area (Å²) in [4.78, 5) is 11.4. The van der Waals surface area contributed by atoms with Crippen LogP contribution in [0.1, 0.15) is 18.4 Å². The van der Waals surface area contributed by atoms with E-state index < -0.39 is 0 Å². The van der Waals surface area contributed by atoms with Gasteiger partial charge in [-0.15, -0.1) is 0 Å². The van der Waals surface area contributed by atoms with E-state index in [0.29, 0.717) is 29.4 Å². The van der Waals surface area contributed by atoms with Crippen LogP contribution in [0.4, 0.5) is 4.39 Å². The topological polar surface area (TPSA) is 43.1 Å². The van der Waals surface area contributed by atoms with Crippen LogP contribution < -0.4 is 5.73 Å². The molecule has 0 saturated carbocycles. The van der Waals surface area contributed by atoms with Crippen LogP contribution in [-0.4, -0.2) is 12.3 Å². The average Bonchev–Trinajstić information content (AvgIpc) is 2.13. The fourth-order valence-corrected chi connectivity index (χ4v) is 1.84. The van der Waals surface area contributed by atoms with Gasteiger partial charge >= 0.3 is 0 Å². The minimum Gasteiger partial charge on any atom is -0.330 e. The van der Waals surface area contributed by atoms with Gasteiger partial charge in [0.25, 0.3) is 0 Å². The fraction of sp³-hybridized carbons (Fsp3) is 0.364. The van der Waals surface area contributed by atoms with Crippen molar-refractivity contribution in [2.75, 3.05) is 6.54 Å². The van der Waals surface area contributed by atoms with Crippen LogP contribution in [0.3, 0.4) is 0 Å². The van der Waals surface area contributed by atoms with Crippen LogP contribution in [0, 0.1) is 5.82 Å². The molecule has 2 nitrogen and oxygen atoms in total. The SMILES string of the molecule is NCCCC(=O)Cc1cc(F)cc(Br)c1. The van der Waals surface area contributed by atoms with Gasteiger partial charge in [-0.3, -0.25) is 4.79 Å². The first-order valence-corrected chi connectivity index (χ1v) is 5.58. The smallest absolute Gasteiger partial charge is 0.137 e. The van der Waals surface area contributed by atoms with Crippen molar-refractivity contribution in [1.29, 1.82) is 0 Å². The standard InChI is InChI=1S/C11H13BrFNO/c12-9-4-8(5-10(13)7-9)6-11(15)2-1-3-14/h4-5,7H,1-3,6,14H2. The van der Waals surface area contributed by atoms with Gasteiger partial charge in [0.15, 0.2) is 0 Å². The molecule has 0 bridgehead atoms. The van der Waals surface area contributed by atoms with Crippen molar-refractivity contribution in [1.82, 2.24) is 0 Å². The summed E-state index contributed by atoms with van der Waals surface area (Å²) in [6.07, 6.45) is 1.43. The molecule has 0 aliphatic rings. The monoisotopic (exact) mass is 273 g/mol. The summed E-state index contributed by atoms with van der Waals surface area (Å²) in [6.45, 7) is 0.512. The Bertz CT molecular complexity index is 334. The van der Waals surface area contributed by atoms with Crippen molar-refractivity contribution in [3.05, 3.63) is 34.1 Å². The van der Waals surface area contributed by atoms with E-state index in [-0.39, 0.29) is 18.0 Å². The molecule has 1 aromatic carbocycles. The molecule has 0 aromatic heterocycles. The van der Waals surface area contributed by atoms with Crippen molar-refractivity contribution in [2.24, 2.45) is 5.73 Å². The fourth-order valence-electron chi connectivity index (χ4n) is 1.33. The molecule has 0 amide bonds. The van der Waals surface area contributed by atoms with Gasteiger partial charge in [-0.05, 0) is 36.7 Å². The van der Waals surface area contributed by atoms with Crippen molar-refractivity contribution in [2.45, 2.75) is 19.3 Å². The third-order valence-corrected chi connectivity index (χ3v) is 2.44. The highest BCUT2D eigenvalue weighted by atomic mass is 79.9. The predicted octanol–water partition coefficient (Wildman–Crippen LogP) is 2.44. The van der Waals surface area contributed by atoms with E-state index in [9.17, 15) is 9.18 Å². The Labute approximate surface area is 96.8 Å². The zero-order valence-electron chi connectivity index (χ0n) is 8.30. The van der Waals surface area contributed by atoms with E-state index in [1.807, 2.05) is 0 Å². The van der Waals surface area contributed by atoms with Crippen molar-refractivity contribution >= 4 is 21.7 Å². The Kier molecular flexibility index (Phi) is 4.91. The number of carbonyl (C=O) groups is 1. The molecule has 0 radical (unpaired) electrons. The Hall–Kier alpha value is -0.740. The number of Topliss-reactive ketones (excluding diaryl/α,β-unsaturated/α-hetero) is 1. The van der Waals surface area contributed by atoms with E-state index >= 15 is 0 Å². The molecule has 0 aliphatic carbocycles. The van der Waals surface area contributed by atoms with Crippen molar-refractivity contribution < 1.29 is 9.18 Å². The molecule has 1 aromatic rings. The van der Waals surface area contributed by atoms with Gasteiger partial charge in [0, 0.05) is 17.3 Å². The minimum absolute atomic E-state index is 0.0953. The molecule has 0 fully saturated rings. The number of benzene rings is 1. The van der Waals surface area contributed by atoms with Crippen LogP contribution in [0.15, 0.2) is 22.7 Å². The van der Waals surface area contributed by atoms with E-state index in [2.05, 4.69) is 15.9 Å². The lowest BCUT2D eigenvalue weighted by atomic mass is 10.1. The van der Waals surface area contributed by atoms with Crippen LogP contribution in [-0.2, 0) is 11.2 Å². The molecule has 82 valence electrons. The number of hydrogen-bond acceptors (Lipinski definition) is 2. The van der Waals surface area contributed by atoms with Gasteiger partial charge in [0.1, 0.15) is 11.6 Å². The summed E-state index contributed by atoms with van der Waals surface area (Å²) in [5.41, 5.74) is 6.00. The van der Waals surface area contributed by atoms with Gasteiger partial charge in [-0.1, -0.05) is 15.9 Å². The molecular weight excluding hydrogens is 261 g/mol. The molecule has 2 N–H and O–H groups in total. The first-order valence-electron chi connectivity index (χ1n) is 4.78. The maximum absolute atomic E-state index is 13.0. The molecule has 0 aliphatic heterocycles. The average molecular weight is 274 g/mol. The summed E-state index contributed by atoms with van der Waals surface area (Å²) in [5.74, 6) is -0.232. The Morgan fingerprint density at radius 3 is 2.73 bits per heavy atom. The number of hydrogen-bond donors (Lipinski definition) is 1. The predicted molar refractivity (Wildman–Crippen MR) is 61.1 cm³/mol. The quantitative estimate of drug-likeness (QED) is 0.896. The summed E-state index contributed by atoms with van der Waals surface area (Å²) in [7, 11) is 0. The number of rotatable bonds is 5. The number of ketones is 1. The van der Waals surface area contributed by atoms with Crippen LogP contribution in [0.5, 0.6) is 0 Å². The van der Waals surface area contributed by atoms with Crippen LogP contribution >= 0.6 is 15.9 Å². The van der Waals surface area contributed by atoms with Crippen LogP contribution in [0.2, 0.25) is 0 Å². The Morgan fingerprint density at radius 2 is 2.13 bits per heavy atom. The van der Waals surface area contributed by atoms with Gasteiger partial charge in [-0.25, -0.2) is 4.39 Å². The van der Waals surface area contributed by atoms with Gasteiger partial charge in [0.05, 0.1) is 0 Å². The summed E-state index contributed by atoms with van der Waals surface area (Å²) in [5, 5.41) is 0. The maximum atomic E-state index is 13.0. The largest absolute Gasteiger partial charge is 0.330 e. The van der Waals surface area contributed by atoms with Crippen LogP contribution in [0.25, 0.3) is 0 Å². The zero-order chi connectivity index (χ0) is 11.3. The molecule has 0 heterocycles. The third kappa shape index (κ3) is 4.53. The second kappa shape index (κ2) is 5.98. The molecular formula is C11H13BrFNO. The lowest BCUT2D eigenvalue weighted by molar-refractivity contribution is -0.118. The Balaban J connectivity index is 2.60. The lowest BCUT2D eigenvalue weighted by Crippen LogP contribution is -2.07. The number of halogens is 2. The summed E-state index contributed by atoms with van der Waals surface area (Å²) in [6, 6.07) is 4.50. The van der Waals surface area contributed by atoms with Crippen molar-refractivity contribution in [3.8, 4) is 0 Å². The highest BCUT2D eigenvalue weighted by Crippen LogP contribution is 2.15. The van der Waals surface area contributed by atoms with Gasteiger partial charge in [0.2, 0.25) is 0 Å². The molecule has 15 heavy (non-hydrogen) atoms. The maximum Gasteiger partial charge on any atom is 0.137 e. The minimum atomic E-state index is -0.328. The second-order valence-corrected chi connectivity index (χ2v) is 4.30. The molecule has 1 rings (SSSR count). The molecule has 0 unspecified atom stereocenters. The summed E-state index contributed by atoms with van der Waals surface area (Å²) < 4.78 is 13.6. The third-order valence-electron chi connectivity index (χ3n) is 1.98. The first-order chi connectivity index (χ1) is 7.11. The lowest BCUT2D eigenvalue weighted by Gasteiger charge is -2.02. The first kappa shape index (κ1) is 12.3. The van der Waals surface area contributed by atoms with Gasteiger partial charge in [-0.2, -0.15) is 0 Å². The highest BCUT2D eigenvalue weighted by molar-refractivity contribution is 9.10. The molecule has 0 spiro atoms. The highest BCUT2D eigenvalue weighted by Gasteiger charge is 2.05. The summed E-state index contributed by atoms with van der Waals surface area (Å²) >= 11 is 3.18. The molecule has 4 heteroatoms. The van der Waals surface area contributed by atoms with Gasteiger partial charge < -0.3 is 5.73 Å². The van der Waals surface area contributed by atoms with E-state index in [1.54, 1.807) is 6.07 Å². The molecule has 0 atom stereocenters. The Morgan fingerprint density at radius 1 is 1.40 bits per heavy atom. The normalized spacial score (nSPS) is 10.3. The number of nitrogens with two attached hydrogens (primary N) is 1. The zero-order valence-corrected chi connectivity index (χ0v) is 9.89. The second-order valence-electron chi connectivity index (χ2n) is 3.39. The van der Waals surface area contributed by atoms with Crippen molar-refractivity contribution in [3.63, 3.8) is 0 Å².